The van der Waals surface area contributed by atoms with Gasteiger partial charge in [-0.15, -0.1) is 11.8 Å². The number of benzene rings is 2. The SMILES string of the molecule is CSc1ccccc1NC(=O)C(=O)NCCCc1cc2ccccc2o1. The molecule has 0 bridgehead atoms. The van der Waals surface area contributed by atoms with Crippen molar-refractivity contribution in [2.45, 2.75) is 17.7 Å². The van der Waals surface area contributed by atoms with Crippen molar-refractivity contribution < 1.29 is 14.0 Å². The number of carbonyl (C=O) groups is 2. The van der Waals surface area contributed by atoms with E-state index >= 15 is 0 Å². The standard InChI is InChI=1S/C20H20N2O3S/c1-26-18-11-5-3-9-16(18)22-20(24)19(23)21-12-6-8-15-13-14-7-2-4-10-17(14)25-15/h2-5,7,9-11,13H,6,8,12H2,1H3,(H,21,23)(H,22,24). The summed E-state index contributed by atoms with van der Waals surface area (Å²) in [5.74, 6) is -0.417. The third kappa shape index (κ3) is 4.46. The van der Waals surface area contributed by atoms with E-state index in [0.29, 0.717) is 25.1 Å². The van der Waals surface area contributed by atoms with Gasteiger partial charge in [-0.2, -0.15) is 0 Å². The lowest BCUT2D eigenvalue weighted by molar-refractivity contribution is -0.136. The van der Waals surface area contributed by atoms with Crippen LogP contribution in [0, 0.1) is 0 Å². The molecule has 3 rings (SSSR count). The van der Waals surface area contributed by atoms with Crippen molar-refractivity contribution in [1.82, 2.24) is 5.32 Å². The van der Waals surface area contributed by atoms with E-state index in [1.54, 1.807) is 6.07 Å². The van der Waals surface area contributed by atoms with Crippen LogP contribution in [0.1, 0.15) is 12.2 Å². The van der Waals surface area contributed by atoms with Crippen LogP contribution in [-0.4, -0.2) is 24.6 Å². The van der Waals surface area contributed by atoms with E-state index in [1.165, 1.54) is 11.8 Å². The lowest BCUT2D eigenvalue weighted by Gasteiger charge is -2.09. The van der Waals surface area contributed by atoms with Crippen molar-refractivity contribution in [2.75, 3.05) is 18.1 Å². The van der Waals surface area contributed by atoms with Gasteiger partial charge in [0, 0.05) is 23.2 Å². The Morgan fingerprint density at radius 1 is 1.04 bits per heavy atom. The fourth-order valence-corrected chi connectivity index (χ4v) is 3.19. The van der Waals surface area contributed by atoms with E-state index < -0.39 is 11.8 Å². The van der Waals surface area contributed by atoms with Gasteiger partial charge in [0.1, 0.15) is 11.3 Å². The highest BCUT2D eigenvalue weighted by atomic mass is 32.2. The summed E-state index contributed by atoms with van der Waals surface area (Å²) >= 11 is 1.51. The summed E-state index contributed by atoms with van der Waals surface area (Å²) in [6.45, 7) is 0.410. The van der Waals surface area contributed by atoms with Gasteiger partial charge in [-0.1, -0.05) is 30.3 Å². The number of furan rings is 1. The number of carbonyl (C=O) groups excluding carboxylic acids is 2. The first-order valence-electron chi connectivity index (χ1n) is 8.37. The number of aryl methyl sites for hydroxylation is 1. The predicted molar refractivity (Wildman–Crippen MR) is 104 cm³/mol. The quantitative estimate of drug-likeness (QED) is 0.394. The van der Waals surface area contributed by atoms with Crippen LogP contribution < -0.4 is 10.6 Å². The molecular formula is C20H20N2O3S. The monoisotopic (exact) mass is 368 g/mol. The van der Waals surface area contributed by atoms with Crippen LogP contribution in [0.25, 0.3) is 11.0 Å². The molecule has 0 atom stereocenters. The maximum absolute atomic E-state index is 12.0. The van der Waals surface area contributed by atoms with Gasteiger partial charge >= 0.3 is 11.8 Å². The number of nitrogens with one attached hydrogen (secondary N) is 2. The van der Waals surface area contributed by atoms with Crippen molar-refractivity contribution in [3.8, 4) is 0 Å². The Morgan fingerprint density at radius 2 is 1.81 bits per heavy atom. The minimum Gasteiger partial charge on any atom is -0.461 e. The van der Waals surface area contributed by atoms with Crippen LogP contribution in [-0.2, 0) is 16.0 Å². The Hall–Kier alpha value is -2.73. The average molecular weight is 368 g/mol. The Morgan fingerprint density at radius 3 is 2.62 bits per heavy atom. The Balaban J connectivity index is 1.45. The molecule has 2 N–H and O–H groups in total. The molecule has 1 heterocycles. The van der Waals surface area contributed by atoms with E-state index in [4.69, 9.17) is 4.42 Å². The molecule has 0 aliphatic carbocycles. The van der Waals surface area contributed by atoms with Crippen LogP contribution >= 0.6 is 11.8 Å². The zero-order chi connectivity index (χ0) is 18.4. The second kappa shape index (κ2) is 8.58. The number of anilines is 1. The zero-order valence-corrected chi connectivity index (χ0v) is 15.3. The van der Waals surface area contributed by atoms with Crippen LogP contribution in [0.15, 0.2) is 63.9 Å². The minimum atomic E-state index is -0.657. The highest BCUT2D eigenvalue weighted by molar-refractivity contribution is 7.98. The number of hydrogen-bond donors (Lipinski definition) is 2. The molecule has 2 amide bonds. The maximum atomic E-state index is 12.0. The number of fused-ring (bicyclic) bond motifs is 1. The first kappa shape index (κ1) is 18.1. The van der Waals surface area contributed by atoms with Gasteiger partial charge in [-0.3, -0.25) is 9.59 Å². The lowest BCUT2D eigenvalue weighted by Crippen LogP contribution is -2.36. The molecular weight excluding hydrogens is 348 g/mol. The smallest absolute Gasteiger partial charge is 0.313 e. The molecule has 0 fully saturated rings. The first-order valence-corrected chi connectivity index (χ1v) is 9.59. The van der Waals surface area contributed by atoms with Crippen LogP contribution in [0.4, 0.5) is 5.69 Å². The molecule has 5 nitrogen and oxygen atoms in total. The Kier molecular flexibility index (Phi) is 5.96. The molecule has 0 saturated heterocycles. The van der Waals surface area contributed by atoms with Gasteiger partial charge in [0.15, 0.2) is 0 Å². The van der Waals surface area contributed by atoms with Crippen molar-refractivity contribution in [3.63, 3.8) is 0 Å². The van der Waals surface area contributed by atoms with Gasteiger partial charge in [-0.25, -0.2) is 0 Å². The number of amides is 2. The number of rotatable bonds is 6. The molecule has 0 aliphatic heterocycles. The normalized spacial score (nSPS) is 10.7. The molecule has 134 valence electrons. The molecule has 2 aromatic carbocycles. The largest absolute Gasteiger partial charge is 0.461 e. The fraction of sp³-hybridized carbons (Fsp3) is 0.200. The predicted octanol–water partition coefficient (Wildman–Crippen LogP) is 3.84. The number of hydrogen-bond acceptors (Lipinski definition) is 4. The van der Waals surface area contributed by atoms with Crippen molar-refractivity contribution in [1.29, 1.82) is 0 Å². The maximum Gasteiger partial charge on any atom is 0.313 e. The van der Waals surface area contributed by atoms with Crippen molar-refractivity contribution in [3.05, 3.63) is 60.4 Å². The van der Waals surface area contributed by atoms with E-state index in [2.05, 4.69) is 10.6 Å². The topological polar surface area (TPSA) is 71.3 Å². The summed E-state index contributed by atoms with van der Waals surface area (Å²) in [6, 6.07) is 17.2. The molecule has 1 aromatic heterocycles. The second-order valence-electron chi connectivity index (χ2n) is 5.76. The summed E-state index contributed by atoms with van der Waals surface area (Å²) in [7, 11) is 0. The summed E-state index contributed by atoms with van der Waals surface area (Å²) in [6.07, 6.45) is 3.31. The summed E-state index contributed by atoms with van der Waals surface area (Å²) in [5.41, 5.74) is 1.50. The number of para-hydroxylation sites is 2. The molecule has 0 aliphatic rings. The Labute approximate surface area is 156 Å². The zero-order valence-electron chi connectivity index (χ0n) is 14.5. The summed E-state index contributed by atoms with van der Waals surface area (Å²) in [4.78, 5) is 24.9. The summed E-state index contributed by atoms with van der Waals surface area (Å²) in [5, 5.41) is 6.36. The van der Waals surface area contributed by atoms with E-state index in [1.807, 2.05) is 54.8 Å². The van der Waals surface area contributed by atoms with E-state index in [9.17, 15) is 9.59 Å². The molecule has 0 saturated carbocycles. The fourth-order valence-electron chi connectivity index (χ4n) is 2.63. The van der Waals surface area contributed by atoms with Gasteiger partial charge in [0.25, 0.3) is 0 Å². The van der Waals surface area contributed by atoms with Crippen molar-refractivity contribution in [2.24, 2.45) is 0 Å². The third-order valence-corrected chi connectivity index (χ3v) is 4.72. The van der Waals surface area contributed by atoms with E-state index in [0.717, 1.165) is 21.6 Å². The molecule has 3 aromatic rings. The minimum absolute atomic E-state index is 0.410. The molecule has 6 heteroatoms. The first-order chi connectivity index (χ1) is 12.7. The van der Waals surface area contributed by atoms with Gasteiger partial charge in [0.2, 0.25) is 0 Å². The van der Waals surface area contributed by atoms with Crippen LogP contribution in [0.2, 0.25) is 0 Å². The lowest BCUT2D eigenvalue weighted by atomic mass is 10.2. The molecule has 26 heavy (non-hydrogen) atoms. The molecule has 0 spiro atoms. The van der Waals surface area contributed by atoms with Crippen LogP contribution in [0.3, 0.4) is 0 Å². The second-order valence-corrected chi connectivity index (χ2v) is 6.61. The molecule has 0 radical (unpaired) electrons. The van der Waals surface area contributed by atoms with Gasteiger partial charge < -0.3 is 15.1 Å². The highest BCUT2D eigenvalue weighted by Crippen LogP contribution is 2.24. The van der Waals surface area contributed by atoms with Crippen LogP contribution in [0.5, 0.6) is 0 Å². The van der Waals surface area contributed by atoms with Crippen molar-refractivity contribution >= 4 is 40.2 Å². The van der Waals surface area contributed by atoms with E-state index in [-0.39, 0.29) is 0 Å². The molecule has 0 unspecified atom stereocenters. The third-order valence-electron chi connectivity index (χ3n) is 3.92. The number of thioether (sulfide) groups is 1. The van der Waals surface area contributed by atoms with Gasteiger partial charge in [-0.05, 0) is 36.9 Å². The highest BCUT2D eigenvalue weighted by Gasteiger charge is 2.14. The Bertz CT molecular complexity index is 887. The summed E-state index contributed by atoms with van der Waals surface area (Å²) < 4.78 is 5.73. The van der Waals surface area contributed by atoms with Gasteiger partial charge in [0.05, 0.1) is 5.69 Å². The average Bonchev–Trinajstić information content (AvgIpc) is 3.08.